The molecular weight excluding hydrogens is 306 g/mol. The van der Waals surface area contributed by atoms with Crippen LogP contribution in [0.1, 0.15) is 25.3 Å². The van der Waals surface area contributed by atoms with Gasteiger partial charge in [-0.15, -0.1) is 0 Å². The molecule has 1 heterocycles. The minimum absolute atomic E-state index is 0.172. The van der Waals surface area contributed by atoms with Crippen LogP contribution >= 0.6 is 15.9 Å². The summed E-state index contributed by atoms with van der Waals surface area (Å²) >= 11 is 3.21. The van der Waals surface area contributed by atoms with Crippen molar-refractivity contribution in [1.29, 1.82) is 0 Å². The summed E-state index contributed by atoms with van der Waals surface area (Å²) in [6.07, 6.45) is 3.10. The van der Waals surface area contributed by atoms with Crippen LogP contribution in [-0.4, -0.2) is 35.3 Å². The Hall–Kier alpha value is -1.03. The highest BCUT2D eigenvalue weighted by Crippen LogP contribution is 2.20. The maximum Gasteiger partial charge on any atom is 0.233 e. The number of amides is 1. The zero-order valence-corrected chi connectivity index (χ0v) is 12.9. The molecule has 1 amide bonds. The Bertz CT molecular complexity index is 411. The van der Waals surface area contributed by atoms with Crippen molar-refractivity contribution in [2.45, 2.75) is 32.3 Å². The third-order valence-electron chi connectivity index (χ3n) is 3.54. The van der Waals surface area contributed by atoms with E-state index < -0.39 is 0 Å². The van der Waals surface area contributed by atoms with Crippen molar-refractivity contribution in [2.24, 2.45) is 0 Å². The van der Waals surface area contributed by atoms with Crippen LogP contribution in [0, 0.1) is 0 Å². The molecule has 4 heteroatoms. The van der Waals surface area contributed by atoms with Gasteiger partial charge in [0.15, 0.2) is 0 Å². The summed E-state index contributed by atoms with van der Waals surface area (Å²) in [5.74, 6) is 1.10. The van der Waals surface area contributed by atoms with E-state index in [1.807, 2.05) is 17.0 Å². The van der Waals surface area contributed by atoms with Crippen molar-refractivity contribution < 1.29 is 9.53 Å². The third-order valence-corrected chi connectivity index (χ3v) is 4.02. The molecule has 2 rings (SSSR count). The highest BCUT2D eigenvalue weighted by atomic mass is 79.9. The smallest absolute Gasteiger partial charge is 0.233 e. The number of halogens is 1. The lowest BCUT2D eigenvalue weighted by molar-refractivity contribution is -0.130. The molecular formula is C15H20BrNO2. The number of carbonyl (C=O) groups excluding carboxylic acids is 1. The molecule has 1 aliphatic rings. The zero-order chi connectivity index (χ0) is 13.7. The number of nitrogens with zero attached hydrogens (tertiary/aromatic N) is 1. The van der Waals surface area contributed by atoms with Crippen molar-refractivity contribution in [2.75, 3.05) is 18.4 Å². The van der Waals surface area contributed by atoms with Gasteiger partial charge in [-0.1, -0.05) is 35.0 Å². The first-order valence-corrected chi connectivity index (χ1v) is 7.94. The fourth-order valence-electron chi connectivity index (χ4n) is 2.30. The van der Waals surface area contributed by atoms with E-state index in [1.165, 1.54) is 5.56 Å². The number of ether oxygens (including phenoxy) is 1. The lowest BCUT2D eigenvalue weighted by Crippen LogP contribution is -2.42. The predicted octanol–water partition coefficient (Wildman–Crippen LogP) is 3.01. The van der Waals surface area contributed by atoms with Gasteiger partial charge in [-0.25, -0.2) is 0 Å². The Labute approximate surface area is 123 Å². The number of alkyl halides is 1. The van der Waals surface area contributed by atoms with Gasteiger partial charge in [0.05, 0.1) is 5.33 Å². The SMILES string of the molecule is CCc1ccc(OC2CCN(C(=O)CBr)CC2)cc1. The van der Waals surface area contributed by atoms with Gasteiger partial charge < -0.3 is 9.64 Å². The molecule has 104 valence electrons. The van der Waals surface area contributed by atoms with Gasteiger partial charge in [0.2, 0.25) is 5.91 Å². The molecule has 0 saturated carbocycles. The molecule has 3 nitrogen and oxygen atoms in total. The lowest BCUT2D eigenvalue weighted by atomic mass is 10.1. The fourth-order valence-corrected chi connectivity index (χ4v) is 2.66. The molecule has 1 aromatic rings. The van der Waals surface area contributed by atoms with E-state index >= 15 is 0 Å². The van der Waals surface area contributed by atoms with Crippen molar-refractivity contribution in [3.05, 3.63) is 29.8 Å². The monoisotopic (exact) mass is 325 g/mol. The van der Waals surface area contributed by atoms with Crippen molar-refractivity contribution >= 4 is 21.8 Å². The number of likely N-dealkylation sites (tertiary alicyclic amines) is 1. The summed E-state index contributed by atoms with van der Waals surface area (Å²) in [5.41, 5.74) is 1.32. The number of rotatable bonds is 4. The number of aryl methyl sites for hydroxylation is 1. The summed E-state index contributed by atoms with van der Waals surface area (Å²) < 4.78 is 5.97. The lowest BCUT2D eigenvalue weighted by Gasteiger charge is -2.31. The molecule has 0 radical (unpaired) electrons. The van der Waals surface area contributed by atoms with Crippen LogP contribution in [0.2, 0.25) is 0 Å². The van der Waals surface area contributed by atoms with Gasteiger partial charge >= 0.3 is 0 Å². The zero-order valence-electron chi connectivity index (χ0n) is 11.3. The Morgan fingerprint density at radius 3 is 2.47 bits per heavy atom. The summed E-state index contributed by atoms with van der Waals surface area (Å²) in [5, 5.41) is 0.414. The molecule has 0 spiro atoms. The van der Waals surface area contributed by atoms with E-state index in [2.05, 4.69) is 35.0 Å². The van der Waals surface area contributed by atoms with E-state index in [4.69, 9.17) is 4.74 Å². The van der Waals surface area contributed by atoms with E-state index in [9.17, 15) is 4.79 Å². The molecule has 0 atom stereocenters. The normalized spacial score (nSPS) is 16.4. The number of hydrogen-bond donors (Lipinski definition) is 0. The molecule has 0 aromatic heterocycles. The standard InChI is InChI=1S/C15H20BrNO2/c1-2-12-3-5-13(6-4-12)19-14-7-9-17(10-8-14)15(18)11-16/h3-6,14H,2,7-11H2,1H3. The van der Waals surface area contributed by atoms with Crippen molar-refractivity contribution in [3.8, 4) is 5.75 Å². The molecule has 1 fully saturated rings. The van der Waals surface area contributed by atoms with E-state index in [1.54, 1.807) is 0 Å². The molecule has 0 N–H and O–H groups in total. The molecule has 1 aromatic carbocycles. The van der Waals surface area contributed by atoms with Crippen LogP contribution in [0.4, 0.5) is 0 Å². The average Bonchev–Trinajstić information content (AvgIpc) is 2.48. The minimum atomic E-state index is 0.172. The summed E-state index contributed by atoms with van der Waals surface area (Å²) in [6, 6.07) is 8.29. The first-order chi connectivity index (χ1) is 9.22. The maximum absolute atomic E-state index is 11.5. The second kappa shape index (κ2) is 6.94. The van der Waals surface area contributed by atoms with Crippen LogP contribution in [0.3, 0.4) is 0 Å². The van der Waals surface area contributed by atoms with E-state index in [0.29, 0.717) is 5.33 Å². The Kier molecular flexibility index (Phi) is 5.25. The molecule has 0 aliphatic carbocycles. The van der Waals surface area contributed by atoms with Gasteiger partial charge in [-0.05, 0) is 24.1 Å². The van der Waals surface area contributed by atoms with Gasteiger partial charge in [0, 0.05) is 25.9 Å². The van der Waals surface area contributed by atoms with Gasteiger partial charge in [-0.2, -0.15) is 0 Å². The number of carbonyl (C=O) groups is 1. The minimum Gasteiger partial charge on any atom is -0.490 e. The average molecular weight is 326 g/mol. The van der Waals surface area contributed by atoms with E-state index in [0.717, 1.165) is 38.1 Å². The first kappa shape index (κ1) is 14.4. The quantitative estimate of drug-likeness (QED) is 0.796. The van der Waals surface area contributed by atoms with Crippen LogP contribution in [0.25, 0.3) is 0 Å². The Morgan fingerprint density at radius 2 is 1.95 bits per heavy atom. The molecule has 1 aliphatic heterocycles. The Balaban J connectivity index is 1.83. The molecule has 0 unspecified atom stereocenters. The van der Waals surface area contributed by atoms with Crippen molar-refractivity contribution in [1.82, 2.24) is 4.90 Å². The predicted molar refractivity (Wildman–Crippen MR) is 79.8 cm³/mol. The highest BCUT2D eigenvalue weighted by Gasteiger charge is 2.23. The summed E-state index contributed by atoms with van der Waals surface area (Å²) in [4.78, 5) is 13.4. The third kappa shape index (κ3) is 3.96. The highest BCUT2D eigenvalue weighted by molar-refractivity contribution is 9.09. The summed E-state index contributed by atoms with van der Waals surface area (Å²) in [7, 11) is 0. The van der Waals surface area contributed by atoms with Crippen LogP contribution in [0.15, 0.2) is 24.3 Å². The molecule has 0 bridgehead atoms. The number of benzene rings is 1. The fraction of sp³-hybridized carbons (Fsp3) is 0.533. The topological polar surface area (TPSA) is 29.5 Å². The number of piperidine rings is 1. The van der Waals surface area contributed by atoms with Crippen LogP contribution < -0.4 is 4.74 Å². The maximum atomic E-state index is 11.5. The molecule has 1 saturated heterocycles. The van der Waals surface area contributed by atoms with Gasteiger partial charge in [-0.3, -0.25) is 4.79 Å². The van der Waals surface area contributed by atoms with E-state index in [-0.39, 0.29) is 12.0 Å². The van der Waals surface area contributed by atoms with Crippen LogP contribution in [-0.2, 0) is 11.2 Å². The summed E-state index contributed by atoms with van der Waals surface area (Å²) in [6.45, 7) is 3.73. The molecule has 19 heavy (non-hydrogen) atoms. The Morgan fingerprint density at radius 1 is 1.32 bits per heavy atom. The number of hydrogen-bond acceptors (Lipinski definition) is 2. The van der Waals surface area contributed by atoms with Gasteiger partial charge in [0.1, 0.15) is 11.9 Å². The van der Waals surface area contributed by atoms with Crippen LogP contribution in [0.5, 0.6) is 5.75 Å². The largest absolute Gasteiger partial charge is 0.490 e. The first-order valence-electron chi connectivity index (χ1n) is 6.82. The van der Waals surface area contributed by atoms with Gasteiger partial charge in [0.25, 0.3) is 0 Å². The second-order valence-corrected chi connectivity index (χ2v) is 5.39. The second-order valence-electron chi connectivity index (χ2n) is 4.83. The van der Waals surface area contributed by atoms with Crippen molar-refractivity contribution in [3.63, 3.8) is 0 Å².